The molecule has 0 saturated heterocycles. The number of furan rings is 1. The van der Waals surface area contributed by atoms with Crippen LogP contribution < -0.4 is 10.1 Å². The zero-order valence-corrected chi connectivity index (χ0v) is 16.8. The van der Waals surface area contributed by atoms with Gasteiger partial charge < -0.3 is 14.5 Å². The second kappa shape index (κ2) is 8.25. The molecule has 0 aliphatic heterocycles. The largest absolute Gasteiger partial charge is 0.497 e. The van der Waals surface area contributed by atoms with Crippen LogP contribution in [0.4, 0.5) is 5.69 Å². The van der Waals surface area contributed by atoms with Gasteiger partial charge in [-0.3, -0.25) is 9.59 Å². The molecule has 1 heterocycles. The van der Waals surface area contributed by atoms with E-state index in [1.165, 1.54) is 0 Å². The van der Waals surface area contributed by atoms with E-state index in [2.05, 4.69) is 5.32 Å². The Morgan fingerprint density at radius 2 is 1.57 bits per heavy atom. The summed E-state index contributed by atoms with van der Waals surface area (Å²) in [5, 5.41) is 3.89. The van der Waals surface area contributed by atoms with Gasteiger partial charge in [0, 0.05) is 16.5 Å². The Labute approximate surface area is 174 Å². The number of rotatable bonds is 7. The lowest BCUT2D eigenvalue weighted by molar-refractivity contribution is 0.0997. The van der Waals surface area contributed by atoms with E-state index < -0.39 is 0 Å². The molecule has 0 atom stereocenters. The Hall–Kier alpha value is -3.86. The van der Waals surface area contributed by atoms with Crippen LogP contribution in [0, 0.1) is 6.92 Å². The fourth-order valence-electron chi connectivity index (χ4n) is 3.26. The van der Waals surface area contributed by atoms with Crippen LogP contribution in [0.25, 0.3) is 11.0 Å². The molecule has 5 heteroatoms. The number of para-hydroxylation sites is 1. The number of hydrogen-bond donors (Lipinski definition) is 1. The monoisotopic (exact) mass is 399 g/mol. The summed E-state index contributed by atoms with van der Waals surface area (Å²) in [6.45, 7) is 2.00. The first-order chi connectivity index (χ1) is 14.6. The third-order valence-electron chi connectivity index (χ3n) is 4.95. The van der Waals surface area contributed by atoms with E-state index in [-0.39, 0.29) is 23.9 Å². The predicted molar refractivity (Wildman–Crippen MR) is 117 cm³/mol. The lowest BCUT2D eigenvalue weighted by atomic mass is 10.1. The van der Waals surface area contributed by atoms with Crippen molar-refractivity contribution in [2.45, 2.75) is 6.92 Å². The quantitative estimate of drug-likeness (QED) is 0.429. The molecule has 4 rings (SSSR count). The van der Waals surface area contributed by atoms with Crippen molar-refractivity contribution in [2.75, 3.05) is 19.0 Å². The Morgan fingerprint density at radius 3 is 2.27 bits per heavy atom. The minimum Gasteiger partial charge on any atom is -0.497 e. The molecule has 1 aromatic heterocycles. The number of ketones is 2. The highest BCUT2D eigenvalue weighted by Crippen LogP contribution is 2.32. The van der Waals surface area contributed by atoms with Crippen LogP contribution in [0.3, 0.4) is 0 Å². The summed E-state index contributed by atoms with van der Waals surface area (Å²) in [6.07, 6.45) is 0. The summed E-state index contributed by atoms with van der Waals surface area (Å²) in [5.74, 6) is 0.552. The first-order valence-electron chi connectivity index (χ1n) is 9.61. The molecular weight excluding hydrogens is 378 g/mol. The minimum atomic E-state index is -0.231. The number of aryl methyl sites for hydroxylation is 1. The Kier molecular flexibility index (Phi) is 5.35. The molecule has 30 heavy (non-hydrogen) atoms. The number of ether oxygens (including phenoxy) is 1. The van der Waals surface area contributed by atoms with Gasteiger partial charge in [0.05, 0.1) is 19.3 Å². The molecule has 0 saturated carbocycles. The molecule has 4 aromatic rings. The van der Waals surface area contributed by atoms with Crippen molar-refractivity contribution in [1.82, 2.24) is 0 Å². The number of hydrogen-bond acceptors (Lipinski definition) is 5. The number of methoxy groups -OCH3 is 1. The third-order valence-corrected chi connectivity index (χ3v) is 4.95. The van der Waals surface area contributed by atoms with Crippen LogP contribution in [-0.4, -0.2) is 25.2 Å². The lowest BCUT2D eigenvalue weighted by Crippen LogP contribution is -2.15. The second-order valence-corrected chi connectivity index (χ2v) is 7.00. The molecule has 0 bridgehead atoms. The summed E-state index contributed by atoms with van der Waals surface area (Å²) in [4.78, 5) is 25.7. The number of anilines is 1. The minimum absolute atomic E-state index is 0.0318. The molecule has 0 aliphatic rings. The Balaban J connectivity index is 1.63. The maximum Gasteiger partial charge on any atom is 0.230 e. The maximum absolute atomic E-state index is 13.1. The first-order valence-corrected chi connectivity index (χ1v) is 9.61. The SMILES string of the molecule is COc1ccc(C(=O)CNc2c(C(=O)c3ccc(C)cc3)oc3ccccc23)cc1. The van der Waals surface area contributed by atoms with Gasteiger partial charge in [-0.25, -0.2) is 0 Å². The molecule has 150 valence electrons. The maximum atomic E-state index is 13.1. The zero-order valence-electron chi connectivity index (χ0n) is 16.8. The van der Waals surface area contributed by atoms with Crippen LogP contribution in [0.5, 0.6) is 5.75 Å². The highest BCUT2D eigenvalue weighted by atomic mass is 16.5. The summed E-state index contributed by atoms with van der Waals surface area (Å²) < 4.78 is 11.0. The molecule has 0 unspecified atom stereocenters. The van der Waals surface area contributed by atoms with Crippen LogP contribution >= 0.6 is 0 Å². The number of fused-ring (bicyclic) bond motifs is 1. The molecule has 3 aromatic carbocycles. The molecule has 0 aliphatic carbocycles. The van der Waals surface area contributed by atoms with Crippen LogP contribution in [0.2, 0.25) is 0 Å². The molecule has 5 nitrogen and oxygen atoms in total. The van der Waals surface area contributed by atoms with E-state index >= 15 is 0 Å². The van der Waals surface area contributed by atoms with Gasteiger partial charge in [-0.1, -0.05) is 42.0 Å². The van der Waals surface area contributed by atoms with Crippen molar-refractivity contribution in [3.05, 3.63) is 95.2 Å². The van der Waals surface area contributed by atoms with Gasteiger partial charge in [0.15, 0.2) is 11.5 Å². The Bertz CT molecular complexity index is 1200. The fourth-order valence-corrected chi connectivity index (χ4v) is 3.26. The van der Waals surface area contributed by atoms with Crippen molar-refractivity contribution >= 4 is 28.2 Å². The summed E-state index contributed by atoms with van der Waals surface area (Å²) >= 11 is 0. The molecule has 0 radical (unpaired) electrons. The zero-order chi connectivity index (χ0) is 21.1. The average molecular weight is 399 g/mol. The molecular formula is C25H21NO4. The first kappa shape index (κ1) is 19.5. The normalized spacial score (nSPS) is 10.7. The number of carbonyl (C=O) groups excluding carboxylic acids is 2. The van der Waals surface area contributed by atoms with Gasteiger partial charge in [-0.15, -0.1) is 0 Å². The highest BCUT2D eigenvalue weighted by molar-refractivity contribution is 6.15. The van der Waals surface area contributed by atoms with Crippen molar-refractivity contribution in [1.29, 1.82) is 0 Å². The summed E-state index contributed by atoms with van der Waals surface area (Å²) in [5.41, 5.74) is 3.27. The van der Waals surface area contributed by atoms with Gasteiger partial charge in [-0.2, -0.15) is 0 Å². The number of carbonyl (C=O) groups is 2. The number of nitrogens with one attached hydrogen (secondary N) is 1. The molecule has 1 N–H and O–H groups in total. The van der Waals surface area contributed by atoms with Gasteiger partial charge in [0.1, 0.15) is 11.3 Å². The number of Topliss-reactive ketones (excluding diaryl/α,β-unsaturated/α-hetero) is 1. The molecule has 0 amide bonds. The smallest absolute Gasteiger partial charge is 0.230 e. The van der Waals surface area contributed by atoms with Gasteiger partial charge >= 0.3 is 0 Å². The standard InChI is InChI=1S/C25H21NO4/c1-16-7-9-18(10-8-16)24(28)25-23(20-5-3-4-6-22(20)30-25)26-15-21(27)17-11-13-19(29-2)14-12-17/h3-14,26H,15H2,1-2H3. The van der Waals surface area contributed by atoms with E-state index in [1.807, 2.05) is 37.3 Å². The summed E-state index contributed by atoms with van der Waals surface area (Å²) in [6, 6.07) is 21.6. The van der Waals surface area contributed by atoms with E-state index in [9.17, 15) is 9.59 Å². The van der Waals surface area contributed by atoms with Gasteiger partial charge in [-0.05, 0) is 43.3 Å². The number of benzene rings is 3. The van der Waals surface area contributed by atoms with Gasteiger partial charge in [0.2, 0.25) is 5.78 Å². The molecule has 0 fully saturated rings. The second-order valence-electron chi connectivity index (χ2n) is 7.00. The van der Waals surface area contributed by atoms with E-state index in [4.69, 9.17) is 9.15 Å². The average Bonchev–Trinajstić information content (AvgIpc) is 3.16. The van der Waals surface area contributed by atoms with E-state index in [0.717, 1.165) is 10.9 Å². The van der Waals surface area contributed by atoms with Crippen molar-refractivity contribution < 1.29 is 18.7 Å². The van der Waals surface area contributed by atoms with E-state index in [0.29, 0.717) is 28.1 Å². The van der Waals surface area contributed by atoms with Crippen molar-refractivity contribution in [2.24, 2.45) is 0 Å². The third kappa shape index (κ3) is 3.82. The van der Waals surface area contributed by atoms with E-state index in [1.54, 1.807) is 49.6 Å². The van der Waals surface area contributed by atoms with Crippen LogP contribution in [-0.2, 0) is 0 Å². The Morgan fingerprint density at radius 1 is 0.900 bits per heavy atom. The molecule has 0 spiro atoms. The highest BCUT2D eigenvalue weighted by Gasteiger charge is 2.22. The van der Waals surface area contributed by atoms with Crippen molar-refractivity contribution in [3.8, 4) is 5.75 Å². The van der Waals surface area contributed by atoms with Crippen molar-refractivity contribution in [3.63, 3.8) is 0 Å². The lowest BCUT2D eigenvalue weighted by Gasteiger charge is -2.08. The van der Waals surface area contributed by atoms with Gasteiger partial charge in [0.25, 0.3) is 0 Å². The predicted octanol–water partition coefficient (Wildman–Crippen LogP) is 5.28. The topological polar surface area (TPSA) is 68.5 Å². The fraction of sp³-hybridized carbons (Fsp3) is 0.120. The van der Waals surface area contributed by atoms with Crippen LogP contribution in [0.1, 0.15) is 32.0 Å². The van der Waals surface area contributed by atoms with Crippen LogP contribution in [0.15, 0.2) is 77.2 Å². The summed E-state index contributed by atoms with van der Waals surface area (Å²) in [7, 11) is 1.58.